The van der Waals surface area contributed by atoms with Crippen molar-refractivity contribution >= 4 is 34.8 Å². The van der Waals surface area contributed by atoms with Crippen molar-refractivity contribution in [3.05, 3.63) is 88.6 Å². The first-order chi connectivity index (χ1) is 11.5. The molecule has 3 nitrogen and oxygen atoms in total. The first-order valence-electron chi connectivity index (χ1n) is 7.47. The number of amides is 1. The maximum absolute atomic E-state index is 12.0. The van der Waals surface area contributed by atoms with Gasteiger partial charge in [-0.15, -0.1) is 0 Å². The first kappa shape index (κ1) is 16.6. The van der Waals surface area contributed by atoms with Crippen molar-refractivity contribution in [3.8, 4) is 0 Å². The van der Waals surface area contributed by atoms with Crippen LogP contribution in [-0.2, 0) is 10.5 Å². The average molecular weight is 359 g/mol. The van der Waals surface area contributed by atoms with Crippen LogP contribution in [0.3, 0.4) is 0 Å². The summed E-state index contributed by atoms with van der Waals surface area (Å²) < 4.78 is 0. The smallest absolute Gasteiger partial charge is 0.219 e. The molecule has 1 unspecified atom stereocenters. The zero-order chi connectivity index (χ0) is 17.2. The molecule has 0 aromatic heterocycles. The summed E-state index contributed by atoms with van der Waals surface area (Å²) in [5.74, 6) is -0.158. The fraction of sp³-hybridized carbons (Fsp3) is 0.105. The van der Waals surface area contributed by atoms with Crippen LogP contribution >= 0.6 is 23.2 Å². The van der Waals surface area contributed by atoms with Gasteiger partial charge in [-0.3, -0.25) is 4.79 Å². The summed E-state index contributed by atoms with van der Waals surface area (Å²) in [6.45, 7) is 1.49. The number of benzene rings is 2. The molecule has 1 atom stereocenters. The molecule has 1 aliphatic heterocycles. The minimum Gasteiger partial charge on any atom is -0.326 e. The number of allylic oxidation sites excluding steroid dienone is 2. The number of halogens is 2. The summed E-state index contributed by atoms with van der Waals surface area (Å²) in [6, 6.07) is 14.9. The third-order valence-electron chi connectivity index (χ3n) is 3.82. The van der Waals surface area contributed by atoms with Crippen LogP contribution in [0.2, 0.25) is 10.0 Å². The molecular weight excluding hydrogens is 343 g/mol. The first-order valence-corrected chi connectivity index (χ1v) is 8.23. The largest absolute Gasteiger partial charge is 0.326 e. The molecule has 0 spiro atoms. The van der Waals surface area contributed by atoms with Crippen molar-refractivity contribution in [2.24, 2.45) is 0 Å². The molecule has 1 N–H and O–H groups in total. The van der Waals surface area contributed by atoms with E-state index < -0.39 is 5.66 Å². The Morgan fingerprint density at radius 2 is 1.75 bits per heavy atom. The van der Waals surface area contributed by atoms with Gasteiger partial charge in [-0.05, 0) is 42.5 Å². The quantitative estimate of drug-likeness (QED) is 0.848. The lowest BCUT2D eigenvalue weighted by molar-refractivity contribution is -0.120. The molecule has 5 heteroatoms. The molecule has 0 radical (unpaired) electrons. The summed E-state index contributed by atoms with van der Waals surface area (Å²) >= 11 is 12.5. The van der Waals surface area contributed by atoms with Gasteiger partial charge in [-0.1, -0.05) is 47.5 Å². The Balaban J connectivity index is 2.19. The highest BCUT2D eigenvalue weighted by atomic mass is 35.5. The van der Waals surface area contributed by atoms with E-state index in [9.17, 15) is 4.79 Å². The van der Waals surface area contributed by atoms with E-state index in [1.54, 1.807) is 0 Å². The fourth-order valence-corrected chi connectivity index (χ4v) is 3.25. The van der Waals surface area contributed by atoms with Gasteiger partial charge in [0.1, 0.15) is 0 Å². The summed E-state index contributed by atoms with van der Waals surface area (Å²) in [4.78, 5) is 13.9. The molecule has 122 valence electrons. The second kappa shape index (κ2) is 6.71. The van der Waals surface area contributed by atoms with E-state index in [1.165, 1.54) is 6.92 Å². The van der Waals surface area contributed by atoms with Gasteiger partial charge in [0.25, 0.3) is 0 Å². The zero-order valence-electron chi connectivity index (χ0n) is 13.0. The van der Waals surface area contributed by atoms with E-state index in [-0.39, 0.29) is 5.91 Å². The van der Waals surface area contributed by atoms with Crippen molar-refractivity contribution in [1.82, 2.24) is 5.32 Å². The monoisotopic (exact) mass is 358 g/mol. The number of carbonyl (C=O) groups is 1. The second-order valence-corrected chi connectivity index (χ2v) is 6.32. The van der Waals surface area contributed by atoms with Crippen LogP contribution in [0.5, 0.6) is 0 Å². The highest BCUT2D eigenvalue weighted by molar-refractivity contribution is 6.31. The minimum atomic E-state index is -0.910. The van der Waals surface area contributed by atoms with Crippen LogP contribution in [0.15, 0.2) is 73.0 Å². The molecule has 0 bridgehead atoms. The van der Waals surface area contributed by atoms with Crippen molar-refractivity contribution in [2.45, 2.75) is 12.6 Å². The number of hydrogen-bond donors (Lipinski definition) is 1. The Bertz CT molecular complexity index is 814. The molecule has 24 heavy (non-hydrogen) atoms. The molecular formula is C19H16Cl2N2O. The van der Waals surface area contributed by atoms with Crippen LogP contribution in [0.4, 0.5) is 5.69 Å². The van der Waals surface area contributed by atoms with Crippen LogP contribution < -0.4 is 10.2 Å². The van der Waals surface area contributed by atoms with Crippen molar-refractivity contribution in [1.29, 1.82) is 0 Å². The van der Waals surface area contributed by atoms with Gasteiger partial charge in [0, 0.05) is 34.4 Å². The lowest BCUT2D eigenvalue weighted by Gasteiger charge is -2.44. The molecule has 0 saturated heterocycles. The van der Waals surface area contributed by atoms with Crippen molar-refractivity contribution in [2.75, 3.05) is 4.90 Å². The molecule has 2 aromatic rings. The van der Waals surface area contributed by atoms with E-state index in [0.717, 1.165) is 11.3 Å². The molecule has 1 heterocycles. The van der Waals surface area contributed by atoms with Gasteiger partial charge in [0.15, 0.2) is 5.66 Å². The van der Waals surface area contributed by atoms with E-state index in [2.05, 4.69) is 5.32 Å². The highest BCUT2D eigenvalue weighted by Gasteiger charge is 2.39. The van der Waals surface area contributed by atoms with Gasteiger partial charge in [-0.2, -0.15) is 0 Å². The average Bonchev–Trinajstić information content (AvgIpc) is 2.56. The summed E-state index contributed by atoms with van der Waals surface area (Å²) in [7, 11) is 0. The Morgan fingerprint density at radius 1 is 1.04 bits per heavy atom. The Kier molecular flexibility index (Phi) is 4.65. The predicted molar refractivity (Wildman–Crippen MR) is 99.2 cm³/mol. The maximum Gasteiger partial charge on any atom is 0.219 e. The Labute approximate surface area is 151 Å². The van der Waals surface area contributed by atoms with Crippen molar-refractivity contribution in [3.63, 3.8) is 0 Å². The van der Waals surface area contributed by atoms with E-state index >= 15 is 0 Å². The van der Waals surface area contributed by atoms with Gasteiger partial charge < -0.3 is 10.2 Å². The normalized spacial score (nSPS) is 19.4. The summed E-state index contributed by atoms with van der Waals surface area (Å²) in [6.07, 6.45) is 7.63. The Hall–Kier alpha value is -2.23. The zero-order valence-corrected chi connectivity index (χ0v) is 14.6. The number of hydrogen-bond acceptors (Lipinski definition) is 2. The third-order valence-corrected chi connectivity index (χ3v) is 4.40. The topological polar surface area (TPSA) is 32.3 Å². The van der Waals surface area contributed by atoms with E-state index in [1.807, 2.05) is 77.9 Å². The van der Waals surface area contributed by atoms with Gasteiger partial charge in [0.2, 0.25) is 5.91 Å². The number of rotatable bonds is 3. The number of nitrogens with one attached hydrogen (secondary N) is 1. The lowest BCUT2D eigenvalue weighted by Crippen LogP contribution is -2.55. The molecule has 1 amide bonds. The maximum atomic E-state index is 12.0. The highest BCUT2D eigenvalue weighted by Crippen LogP contribution is 2.38. The van der Waals surface area contributed by atoms with Crippen LogP contribution in [0.1, 0.15) is 12.5 Å². The van der Waals surface area contributed by atoms with Gasteiger partial charge in [-0.25, -0.2) is 0 Å². The van der Waals surface area contributed by atoms with Crippen LogP contribution in [0, 0.1) is 0 Å². The predicted octanol–water partition coefficient (Wildman–Crippen LogP) is 4.87. The fourth-order valence-electron chi connectivity index (χ4n) is 2.85. The SMILES string of the molecule is CC(=O)NC1(c2ccccc2Cl)C=CC=CN1c1ccc(Cl)cc1. The summed E-state index contributed by atoms with van der Waals surface area (Å²) in [5, 5.41) is 4.27. The third kappa shape index (κ3) is 3.05. The van der Waals surface area contributed by atoms with E-state index in [0.29, 0.717) is 10.0 Å². The lowest BCUT2D eigenvalue weighted by atomic mass is 9.94. The number of anilines is 1. The molecule has 0 saturated carbocycles. The Morgan fingerprint density at radius 3 is 2.42 bits per heavy atom. The van der Waals surface area contributed by atoms with E-state index in [4.69, 9.17) is 23.2 Å². The van der Waals surface area contributed by atoms with Gasteiger partial charge in [0.05, 0.1) is 0 Å². The minimum absolute atomic E-state index is 0.158. The molecule has 1 aliphatic rings. The van der Waals surface area contributed by atoms with Crippen LogP contribution in [-0.4, -0.2) is 5.91 Å². The van der Waals surface area contributed by atoms with Crippen molar-refractivity contribution < 1.29 is 4.79 Å². The standard InChI is InChI=1S/C19H16Cl2N2O/c1-14(24)22-19(17-6-2-3-7-18(17)21)12-4-5-13-23(19)16-10-8-15(20)9-11-16/h2-13H,1H3,(H,22,24). The number of nitrogens with zero attached hydrogens (tertiary/aromatic N) is 1. The molecule has 0 aliphatic carbocycles. The molecule has 2 aromatic carbocycles. The second-order valence-electron chi connectivity index (χ2n) is 5.47. The molecule has 0 fully saturated rings. The van der Waals surface area contributed by atoms with Gasteiger partial charge >= 0.3 is 0 Å². The molecule has 3 rings (SSSR count). The summed E-state index contributed by atoms with van der Waals surface area (Å²) in [5.41, 5.74) is 0.762. The number of carbonyl (C=O) groups excluding carboxylic acids is 1. The van der Waals surface area contributed by atoms with Crippen LogP contribution in [0.25, 0.3) is 0 Å².